The molecular weight excluding hydrogens is 240 g/mol. The van der Waals surface area contributed by atoms with Crippen molar-refractivity contribution in [2.24, 2.45) is 5.73 Å². The molecule has 18 heavy (non-hydrogen) atoms. The van der Waals surface area contributed by atoms with E-state index < -0.39 is 17.7 Å². The lowest BCUT2D eigenvalue weighted by molar-refractivity contribution is 0.248. The third kappa shape index (κ3) is 4.67. The molecule has 0 bridgehead atoms. The maximum absolute atomic E-state index is 13.3. The monoisotopic (exact) mass is 257 g/mol. The van der Waals surface area contributed by atoms with Crippen molar-refractivity contribution in [3.63, 3.8) is 0 Å². The van der Waals surface area contributed by atoms with Gasteiger partial charge in [0.15, 0.2) is 0 Å². The highest BCUT2D eigenvalue weighted by Crippen LogP contribution is 2.14. The lowest BCUT2D eigenvalue weighted by atomic mass is 10.1. The molecule has 0 saturated carbocycles. The molecule has 0 fully saturated rings. The molecule has 0 radical (unpaired) electrons. The first kappa shape index (κ1) is 14.4. The van der Waals surface area contributed by atoms with E-state index in [2.05, 4.69) is 10.6 Å². The van der Waals surface area contributed by atoms with E-state index in [1.165, 1.54) is 6.07 Å². The van der Waals surface area contributed by atoms with Crippen molar-refractivity contribution >= 4 is 11.7 Å². The summed E-state index contributed by atoms with van der Waals surface area (Å²) in [5.74, 6) is -1.51. The molecule has 100 valence electrons. The van der Waals surface area contributed by atoms with Gasteiger partial charge in [-0.05, 0) is 32.4 Å². The van der Waals surface area contributed by atoms with E-state index in [-0.39, 0.29) is 17.8 Å². The number of nitrogens with two attached hydrogens (primary N) is 1. The van der Waals surface area contributed by atoms with Crippen LogP contribution in [0.3, 0.4) is 0 Å². The lowest BCUT2D eigenvalue weighted by Crippen LogP contribution is -2.39. The van der Waals surface area contributed by atoms with E-state index in [1.807, 2.05) is 6.92 Å². The van der Waals surface area contributed by atoms with Crippen LogP contribution >= 0.6 is 0 Å². The fourth-order valence-corrected chi connectivity index (χ4v) is 1.59. The number of hydrogen-bond donors (Lipinski definition) is 3. The van der Waals surface area contributed by atoms with E-state index in [4.69, 9.17) is 5.73 Å². The lowest BCUT2D eigenvalue weighted by Gasteiger charge is -2.16. The molecule has 2 atom stereocenters. The molecule has 1 rings (SSSR count). The largest absolute Gasteiger partial charge is 0.335 e. The highest BCUT2D eigenvalue weighted by Gasteiger charge is 2.11. The number of carbonyl (C=O) groups is 1. The Morgan fingerprint density at radius 3 is 2.61 bits per heavy atom. The third-order valence-electron chi connectivity index (χ3n) is 2.28. The number of benzene rings is 1. The topological polar surface area (TPSA) is 67.1 Å². The summed E-state index contributed by atoms with van der Waals surface area (Å²) in [5, 5.41) is 4.92. The van der Waals surface area contributed by atoms with Gasteiger partial charge >= 0.3 is 6.03 Å². The van der Waals surface area contributed by atoms with Crippen LogP contribution in [0.5, 0.6) is 0 Å². The fourth-order valence-electron chi connectivity index (χ4n) is 1.59. The van der Waals surface area contributed by atoms with Crippen LogP contribution in [0.15, 0.2) is 18.2 Å². The summed E-state index contributed by atoms with van der Waals surface area (Å²) in [4.78, 5) is 11.5. The van der Waals surface area contributed by atoms with Gasteiger partial charge in [0, 0.05) is 18.2 Å². The summed E-state index contributed by atoms with van der Waals surface area (Å²) in [6.07, 6.45) is 0.610. The highest BCUT2D eigenvalue weighted by molar-refractivity contribution is 5.89. The van der Waals surface area contributed by atoms with E-state index in [1.54, 1.807) is 6.92 Å². The van der Waals surface area contributed by atoms with Gasteiger partial charge in [0.1, 0.15) is 11.6 Å². The summed E-state index contributed by atoms with van der Waals surface area (Å²) in [5.41, 5.74) is 5.52. The Morgan fingerprint density at radius 1 is 1.39 bits per heavy atom. The summed E-state index contributed by atoms with van der Waals surface area (Å²) in [6, 6.07) is 2.23. The minimum atomic E-state index is -0.815. The molecule has 4 nitrogen and oxygen atoms in total. The van der Waals surface area contributed by atoms with Gasteiger partial charge in [0.05, 0.1) is 5.69 Å². The van der Waals surface area contributed by atoms with Crippen LogP contribution in [0.25, 0.3) is 0 Å². The zero-order valence-corrected chi connectivity index (χ0v) is 10.3. The molecule has 0 aliphatic rings. The average Bonchev–Trinajstić information content (AvgIpc) is 2.20. The smallest absolute Gasteiger partial charge is 0.319 e. The Hall–Kier alpha value is -1.69. The standard InChI is InChI=1S/C12H17F2N3O/c1-7(15)5-8(2)16-12(18)17-11-4-3-9(13)6-10(11)14/h3-4,6-8H,5,15H2,1-2H3,(H2,16,17,18). The van der Waals surface area contributed by atoms with E-state index >= 15 is 0 Å². The van der Waals surface area contributed by atoms with E-state index in [0.29, 0.717) is 12.5 Å². The molecule has 2 unspecified atom stereocenters. The molecule has 0 saturated heterocycles. The van der Waals surface area contributed by atoms with Gasteiger partial charge in [-0.2, -0.15) is 0 Å². The number of rotatable bonds is 4. The van der Waals surface area contributed by atoms with Crippen molar-refractivity contribution in [1.29, 1.82) is 0 Å². The first-order valence-corrected chi connectivity index (χ1v) is 5.66. The SMILES string of the molecule is CC(N)CC(C)NC(=O)Nc1ccc(F)cc1F. The quantitative estimate of drug-likeness (QED) is 0.774. The first-order valence-electron chi connectivity index (χ1n) is 5.66. The number of urea groups is 1. The Bertz CT molecular complexity index is 424. The van der Waals surface area contributed by atoms with Crippen LogP contribution in [0.1, 0.15) is 20.3 Å². The average molecular weight is 257 g/mol. The van der Waals surface area contributed by atoms with Crippen LogP contribution in [-0.4, -0.2) is 18.1 Å². The van der Waals surface area contributed by atoms with Gasteiger partial charge in [-0.15, -0.1) is 0 Å². The van der Waals surface area contributed by atoms with Crippen molar-refractivity contribution in [1.82, 2.24) is 5.32 Å². The Labute approximate surface area is 105 Å². The number of anilines is 1. The van der Waals surface area contributed by atoms with Gasteiger partial charge < -0.3 is 16.4 Å². The molecule has 0 aromatic heterocycles. The van der Waals surface area contributed by atoms with Gasteiger partial charge in [-0.25, -0.2) is 13.6 Å². The van der Waals surface area contributed by atoms with Crippen molar-refractivity contribution in [2.45, 2.75) is 32.4 Å². The Morgan fingerprint density at radius 2 is 2.06 bits per heavy atom. The minimum absolute atomic E-state index is 0.0390. The second-order valence-corrected chi connectivity index (χ2v) is 4.34. The number of hydrogen-bond acceptors (Lipinski definition) is 2. The molecule has 1 aromatic carbocycles. The van der Waals surface area contributed by atoms with Crippen LogP contribution in [0.2, 0.25) is 0 Å². The summed E-state index contributed by atoms with van der Waals surface area (Å²) in [6.45, 7) is 3.62. The molecular formula is C12H17F2N3O. The van der Waals surface area contributed by atoms with Crippen molar-refractivity contribution in [3.8, 4) is 0 Å². The number of carbonyl (C=O) groups excluding carboxylic acids is 1. The molecule has 2 amide bonds. The van der Waals surface area contributed by atoms with Crippen molar-refractivity contribution in [3.05, 3.63) is 29.8 Å². The van der Waals surface area contributed by atoms with E-state index in [0.717, 1.165) is 6.07 Å². The predicted molar refractivity (Wildman–Crippen MR) is 66.2 cm³/mol. The molecule has 0 aliphatic heterocycles. The second-order valence-electron chi connectivity index (χ2n) is 4.34. The van der Waals surface area contributed by atoms with Crippen molar-refractivity contribution in [2.75, 3.05) is 5.32 Å². The minimum Gasteiger partial charge on any atom is -0.335 e. The number of amides is 2. The molecule has 0 spiro atoms. The van der Waals surface area contributed by atoms with Gasteiger partial charge in [-0.1, -0.05) is 0 Å². The molecule has 1 aromatic rings. The zero-order valence-electron chi connectivity index (χ0n) is 10.3. The van der Waals surface area contributed by atoms with Crippen LogP contribution in [-0.2, 0) is 0 Å². The fraction of sp³-hybridized carbons (Fsp3) is 0.417. The van der Waals surface area contributed by atoms with Gasteiger partial charge in [0.2, 0.25) is 0 Å². The zero-order chi connectivity index (χ0) is 13.7. The summed E-state index contributed by atoms with van der Waals surface area (Å²) in [7, 11) is 0. The Balaban J connectivity index is 2.54. The number of halogens is 2. The normalized spacial score (nSPS) is 13.8. The molecule has 0 aliphatic carbocycles. The second kappa shape index (κ2) is 6.30. The van der Waals surface area contributed by atoms with Crippen LogP contribution in [0.4, 0.5) is 19.3 Å². The maximum atomic E-state index is 13.3. The Kier molecular flexibility index (Phi) is 5.03. The molecule has 0 heterocycles. The maximum Gasteiger partial charge on any atom is 0.319 e. The van der Waals surface area contributed by atoms with Crippen LogP contribution in [0, 0.1) is 11.6 Å². The molecule has 4 N–H and O–H groups in total. The summed E-state index contributed by atoms with van der Waals surface area (Å²) < 4.78 is 25.9. The molecule has 6 heteroatoms. The van der Waals surface area contributed by atoms with Gasteiger partial charge in [-0.3, -0.25) is 0 Å². The van der Waals surface area contributed by atoms with Gasteiger partial charge in [0.25, 0.3) is 0 Å². The number of nitrogens with one attached hydrogen (secondary N) is 2. The first-order chi connectivity index (χ1) is 8.38. The summed E-state index contributed by atoms with van der Waals surface area (Å²) >= 11 is 0. The predicted octanol–water partition coefficient (Wildman–Crippen LogP) is 2.21. The third-order valence-corrected chi connectivity index (χ3v) is 2.28. The van der Waals surface area contributed by atoms with E-state index in [9.17, 15) is 13.6 Å². The highest BCUT2D eigenvalue weighted by atomic mass is 19.1. The van der Waals surface area contributed by atoms with Crippen molar-refractivity contribution < 1.29 is 13.6 Å². The van der Waals surface area contributed by atoms with Crippen LogP contribution < -0.4 is 16.4 Å².